The van der Waals surface area contributed by atoms with E-state index in [1.807, 2.05) is 36.1 Å². The van der Waals surface area contributed by atoms with Gasteiger partial charge in [0.1, 0.15) is 18.5 Å². The molecule has 0 aromatic heterocycles. The van der Waals surface area contributed by atoms with E-state index in [1.165, 1.54) is 5.56 Å². The fourth-order valence-corrected chi connectivity index (χ4v) is 2.42. The Labute approximate surface area is 126 Å². The van der Waals surface area contributed by atoms with Crippen LogP contribution in [-0.4, -0.2) is 66.2 Å². The lowest BCUT2D eigenvalue weighted by molar-refractivity contribution is -0.130. The molecule has 1 saturated heterocycles. The summed E-state index contributed by atoms with van der Waals surface area (Å²) in [4.78, 5) is 15.3. The van der Waals surface area contributed by atoms with Gasteiger partial charge in [-0.2, -0.15) is 0 Å². The number of benzene rings is 1. The number of carbonyl (C=O) groups is 1. The first-order valence-corrected chi connectivity index (χ1v) is 7.40. The lowest BCUT2D eigenvalue weighted by Crippen LogP contribution is -2.50. The third kappa shape index (κ3) is 5.02. The second-order valence-electron chi connectivity index (χ2n) is 5.58. The Balaban J connectivity index is 1.69. The summed E-state index contributed by atoms with van der Waals surface area (Å²) in [6.07, 6.45) is -0.518. The van der Waals surface area contributed by atoms with Crippen LogP contribution in [0.25, 0.3) is 0 Å². The Morgan fingerprint density at radius 1 is 1.24 bits per heavy atom. The van der Waals surface area contributed by atoms with Crippen molar-refractivity contribution < 1.29 is 14.6 Å². The highest BCUT2D eigenvalue weighted by Crippen LogP contribution is 2.12. The predicted octanol–water partition coefficient (Wildman–Crippen LogP) is 0.899. The second-order valence-corrected chi connectivity index (χ2v) is 5.58. The van der Waals surface area contributed by atoms with E-state index in [-0.39, 0.29) is 12.5 Å². The van der Waals surface area contributed by atoms with E-state index in [0.717, 1.165) is 31.9 Å². The molecule has 116 valence electrons. The Morgan fingerprint density at radius 3 is 2.43 bits per heavy atom. The number of rotatable bonds is 5. The molecule has 0 unspecified atom stereocenters. The zero-order chi connectivity index (χ0) is 15.2. The van der Waals surface area contributed by atoms with Crippen molar-refractivity contribution in [1.29, 1.82) is 0 Å². The van der Waals surface area contributed by atoms with Gasteiger partial charge in [-0.3, -0.25) is 9.69 Å². The van der Waals surface area contributed by atoms with Crippen LogP contribution in [0.4, 0.5) is 0 Å². The minimum Gasteiger partial charge on any atom is -0.491 e. The van der Waals surface area contributed by atoms with Crippen LogP contribution >= 0.6 is 0 Å². The molecule has 1 aliphatic rings. The lowest BCUT2D eigenvalue weighted by atomic mass is 10.2. The first-order valence-electron chi connectivity index (χ1n) is 7.40. The van der Waals surface area contributed by atoms with Crippen molar-refractivity contribution in [2.75, 3.05) is 39.3 Å². The van der Waals surface area contributed by atoms with Gasteiger partial charge in [0.05, 0.1) is 0 Å². The third-order valence-electron chi connectivity index (χ3n) is 3.75. The summed E-state index contributed by atoms with van der Waals surface area (Å²) in [7, 11) is 0. The standard InChI is InChI=1S/C16H24N2O3/c1-13-3-5-16(6-4-13)21-12-15(20)11-17-7-9-18(10-8-17)14(2)19/h3-6,15,20H,7-12H2,1-2H3/t15-/m0/s1. The molecule has 21 heavy (non-hydrogen) atoms. The molecular formula is C16H24N2O3. The van der Waals surface area contributed by atoms with Gasteiger partial charge in [-0.25, -0.2) is 0 Å². The number of hydrogen-bond acceptors (Lipinski definition) is 4. The molecule has 1 atom stereocenters. The number of nitrogens with zero attached hydrogens (tertiary/aromatic N) is 2. The fourth-order valence-electron chi connectivity index (χ4n) is 2.42. The summed E-state index contributed by atoms with van der Waals surface area (Å²) in [5.41, 5.74) is 1.19. The highest BCUT2D eigenvalue weighted by Gasteiger charge is 2.20. The fraction of sp³-hybridized carbons (Fsp3) is 0.562. The van der Waals surface area contributed by atoms with Gasteiger partial charge in [-0.05, 0) is 19.1 Å². The molecule has 5 heteroatoms. The molecule has 1 aromatic carbocycles. The van der Waals surface area contributed by atoms with Gasteiger partial charge in [0.2, 0.25) is 5.91 Å². The van der Waals surface area contributed by atoms with Gasteiger partial charge in [0.25, 0.3) is 0 Å². The number of aliphatic hydroxyl groups excluding tert-OH is 1. The summed E-state index contributed by atoms with van der Waals surface area (Å²) >= 11 is 0. The van der Waals surface area contributed by atoms with Crippen molar-refractivity contribution in [2.24, 2.45) is 0 Å². The van der Waals surface area contributed by atoms with Crippen LogP contribution in [-0.2, 0) is 4.79 Å². The first kappa shape index (κ1) is 15.8. The molecule has 2 rings (SSSR count). The molecule has 0 aliphatic carbocycles. The Hall–Kier alpha value is -1.59. The molecule has 0 saturated carbocycles. The van der Waals surface area contributed by atoms with E-state index < -0.39 is 6.10 Å². The molecule has 1 aromatic rings. The minimum atomic E-state index is -0.518. The van der Waals surface area contributed by atoms with Crippen molar-refractivity contribution in [1.82, 2.24) is 9.80 Å². The van der Waals surface area contributed by atoms with Crippen LogP contribution in [0.1, 0.15) is 12.5 Å². The largest absolute Gasteiger partial charge is 0.491 e. The van der Waals surface area contributed by atoms with Crippen LogP contribution in [0, 0.1) is 6.92 Å². The number of β-amino-alcohol motifs (C(OH)–C–C–N with tert-alkyl or cyclic N) is 1. The quantitative estimate of drug-likeness (QED) is 0.876. The molecule has 1 fully saturated rings. The number of piperazine rings is 1. The van der Waals surface area contributed by atoms with E-state index in [1.54, 1.807) is 6.92 Å². The first-order chi connectivity index (χ1) is 10.0. The molecule has 5 nitrogen and oxygen atoms in total. The maximum atomic E-state index is 11.2. The molecular weight excluding hydrogens is 268 g/mol. The van der Waals surface area contributed by atoms with Gasteiger partial charge in [0, 0.05) is 39.6 Å². The van der Waals surface area contributed by atoms with Crippen LogP contribution in [0.2, 0.25) is 0 Å². The highest BCUT2D eigenvalue weighted by molar-refractivity contribution is 5.73. The van der Waals surface area contributed by atoms with Crippen molar-refractivity contribution in [2.45, 2.75) is 20.0 Å². The second kappa shape index (κ2) is 7.43. The van der Waals surface area contributed by atoms with E-state index in [2.05, 4.69) is 4.90 Å². The molecule has 0 bridgehead atoms. The predicted molar refractivity (Wildman–Crippen MR) is 81.4 cm³/mol. The number of hydrogen-bond donors (Lipinski definition) is 1. The molecule has 1 N–H and O–H groups in total. The number of aliphatic hydroxyl groups is 1. The Bertz CT molecular complexity index is 453. The van der Waals surface area contributed by atoms with Gasteiger partial charge in [-0.15, -0.1) is 0 Å². The highest BCUT2D eigenvalue weighted by atomic mass is 16.5. The lowest BCUT2D eigenvalue weighted by Gasteiger charge is -2.35. The van der Waals surface area contributed by atoms with E-state index >= 15 is 0 Å². The number of ether oxygens (including phenoxy) is 1. The van der Waals surface area contributed by atoms with E-state index in [4.69, 9.17) is 4.74 Å². The van der Waals surface area contributed by atoms with Gasteiger partial charge < -0.3 is 14.7 Å². The molecule has 1 aliphatic heterocycles. The zero-order valence-corrected chi connectivity index (χ0v) is 12.8. The summed E-state index contributed by atoms with van der Waals surface area (Å²) in [6, 6.07) is 7.80. The van der Waals surface area contributed by atoms with Gasteiger partial charge in [-0.1, -0.05) is 17.7 Å². The molecule has 1 heterocycles. The molecule has 0 spiro atoms. The van der Waals surface area contributed by atoms with Crippen LogP contribution in [0.5, 0.6) is 5.75 Å². The van der Waals surface area contributed by atoms with Crippen LogP contribution in [0.3, 0.4) is 0 Å². The minimum absolute atomic E-state index is 0.123. The van der Waals surface area contributed by atoms with Crippen molar-refractivity contribution in [3.05, 3.63) is 29.8 Å². The van der Waals surface area contributed by atoms with E-state index in [0.29, 0.717) is 6.54 Å². The normalized spacial score (nSPS) is 17.6. The SMILES string of the molecule is CC(=O)N1CCN(C[C@H](O)COc2ccc(C)cc2)CC1. The van der Waals surface area contributed by atoms with E-state index in [9.17, 15) is 9.90 Å². The average molecular weight is 292 g/mol. The summed E-state index contributed by atoms with van der Waals surface area (Å²) in [6.45, 7) is 7.58. The average Bonchev–Trinajstić information content (AvgIpc) is 2.47. The number of amides is 1. The maximum absolute atomic E-state index is 11.2. The Kier molecular flexibility index (Phi) is 5.59. The Morgan fingerprint density at radius 2 is 1.86 bits per heavy atom. The summed E-state index contributed by atoms with van der Waals surface area (Å²) in [5, 5.41) is 10.0. The molecule has 0 radical (unpaired) electrons. The summed E-state index contributed by atoms with van der Waals surface area (Å²) in [5.74, 6) is 0.902. The topological polar surface area (TPSA) is 53.0 Å². The maximum Gasteiger partial charge on any atom is 0.219 e. The monoisotopic (exact) mass is 292 g/mol. The zero-order valence-electron chi connectivity index (χ0n) is 12.8. The smallest absolute Gasteiger partial charge is 0.219 e. The van der Waals surface area contributed by atoms with Crippen molar-refractivity contribution >= 4 is 5.91 Å². The summed E-state index contributed by atoms with van der Waals surface area (Å²) < 4.78 is 5.58. The number of carbonyl (C=O) groups excluding carboxylic acids is 1. The van der Waals surface area contributed by atoms with Gasteiger partial charge in [0.15, 0.2) is 0 Å². The van der Waals surface area contributed by atoms with Crippen LogP contribution in [0.15, 0.2) is 24.3 Å². The van der Waals surface area contributed by atoms with Gasteiger partial charge >= 0.3 is 0 Å². The number of aryl methyl sites for hydroxylation is 1. The van der Waals surface area contributed by atoms with Crippen LogP contribution < -0.4 is 4.74 Å². The molecule has 1 amide bonds. The van der Waals surface area contributed by atoms with Crippen molar-refractivity contribution in [3.8, 4) is 5.75 Å². The van der Waals surface area contributed by atoms with Crippen molar-refractivity contribution in [3.63, 3.8) is 0 Å². The third-order valence-corrected chi connectivity index (χ3v) is 3.75.